The Morgan fingerprint density at radius 3 is 2.44 bits per heavy atom. The molecule has 3 aromatic rings. The summed E-state index contributed by atoms with van der Waals surface area (Å²) >= 11 is 6.06. The summed E-state index contributed by atoms with van der Waals surface area (Å²) < 4.78 is 32.7. The maximum atomic E-state index is 13.9. The molecule has 0 radical (unpaired) electrons. The van der Waals surface area contributed by atoms with E-state index < -0.39 is 35.1 Å². The number of aliphatic hydroxyl groups is 1. The Labute approximate surface area is 186 Å². The first-order valence-corrected chi connectivity index (χ1v) is 9.71. The molecule has 6 nitrogen and oxygen atoms in total. The summed E-state index contributed by atoms with van der Waals surface area (Å²) in [5.41, 5.74) is 0.213. The normalized spacial score (nSPS) is 17.6. The van der Waals surface area contributed by atoms with Gasteiger partial charge in [-0.2, -0.15) is 0 Å². The maximum absolute atomic E-state index is 13.9. The first-order chi connectivity index (χ1) is 15.3. The molecular formula is C23H15ClF2N2O4. The number of ketones is 1. The molecule has 4 rings (SSSR count). The average Bonchev–Trinajstić information content (AvgIpc) is 3.06. The number of hydrogen-bond acceptors (Lipinski definition) is 5. The van der Waals surface area contributed by atoms with Crippen LogP contribution in [0.25, 0.3) is 5.76 Å². The lowest BCUT2D eigenvalue weighted by Gasteiger charge is -2.25. The highest BCUT2D eigenvalue weighted by Crippen LogP contribution is 2.43. The molecule has 9 heteroatoms. The number of hydrogen-bond donors (Lipinski definition) is 1. The molecular weight excluding hydrogens is 442 g/mol. The van der Waals surface area contributed by atoms with Gasteiger partial charge in [0.1, 0.15) is 11.5 Å². The fourth-order valence-electron chi connectivity index (χ4n) is 3.61. The molecule has 162 valence electrons. The van der Waals surface area contributed by atoms with Gasteiger partial charge in [-0.05, 0) is 48.0 Å². The van der Waals surface area contributed by atoms with E-state index in [0.29, 0.717) is 5.56 Å². The summed E-state index contributed by atoms with van der Waals surface area (Å²) in [5.74, 6) is -4.60. The van der Waals surface area contributed by atoms with Gasteiger partial charge in [0.25, 0.3) is 11.7 Å². The van der Waals surface area contributed by atoms with Crippen molar-refractivity contribution in [2.75, 3.05) is 12.0 Å². The van der Waals surface area contributed by atoms with Crippen LogP contribution >= 0.6 is 11.6 Å². The Hall–Kier alpha value is -3.78. The summed E-state index contributed by atoms with van der Waals surface area (Å²) in [4.78, 5) is 31.0. The van der Waals surface area contributed by atoms with Crippen molar-refractivity contribution in [1.29, 1.82) is 0 Å². The third kappa shape index (κ3) is 3.58. The van der Waals surface area contributed by atoms with Crippen LogP contribution in [0.4, 0.5) is 14.5 Å². The summed E-state index contributed by atoms with van der Waals surface area (Å²) in [6, 6.07) is 9.25. The van der Waals surface area contributed by atoms with Gasteiger partial charge in [-0.15, -0.1) is 0 Å². The van der Waals surface area contributed by atoms with Crippen LogP contribution < -0.4 is 9.64 Å². The smallest absolute Gasteiger partial charge is 0.300 e. The number of carbonyl (C=O) groups is 2. The molecule has 1 aliphatic heterocycles. The van der Waals surface area contributed by atoms with E-state index in [1.165, 1.54) is 43.8 Å². The molecule has 1 atom stereocenters. The molecule has 2 heterocycles. The van der Waals surface area contributed by atoms with Crippen LogP contribution in [-0.2, 0) is 9.59 Å². The standard InChI is InChI=1S/C23H15ClF2N2O4/c1-32-18-5-2-13(24)10-15(18)21(29)19-20(12-6-8-27-9-7-12)28(23(31)22(19)30)14-3-4-16(25)17(26)11-14/h2-11,20,29H,1H3/b21-19+. The monoisotopic (exact) mass is 456 g/mol. The van der Waals surface area contributed by atoms with E-state index in [-0.39, 0.29) is 27.6 Å². The topological polar surface area (TPSA) is 79.7 Å². The number of anilines is 1. The molecule has 1 amide bonds. The van der Waals surface area contributed by atoms with Crippen molar-refractivity contribution in [3.8, 4) is 5.75 Å². The summed E-state index contributed by atoms with van der Waals surface area (Å²) in [6.07, 6.45) is 2.89. The van der Waals surface area contributed by atoms with Gasteiger partial charge in [0.05, 0.1) is 24.3 Å². The Bertz CT molecular complexity index is 1260. The molecule has 1 aromatic heterocycles. The van der Waals surface area contributed by atoms with Crippen molar-refractivity contribution in [1.82, 2.24) is 4.98 Å². The van der Waals surface area contributed by atoms with E-state index >= 15 is 0 Å². The largest absolute Gasteiger partial charge is 0.507 e. The molecule has 1 fully saturated rings. The van der Waals surface area contributed by atoms with E-state index in [0.717, 1.165) is 17.0 Å². The van der Waals surface area contributed by atoms with Gasteiger partial charge in [0.15, 0.2) is 11.6 Å². The fraction of sp³-hybridized carbons (Fsp3) is 0.0870. The molecule has 0 bridgehead atoms. The van der Waals surface area contributed by atoms with Crippen LogP contribution in [0.15, 0.2) is 66.5 Å². The predicted octanol–water partition coefficient (Wildman–Crippen LogP) is 4.65. The predicted molar refractivity (Wildman–Crippen MR) is 113 cm³/mol. The van der Waals surface area contributed by atoms with Gasteiger partial charge in [0.2, 0.25) is 0 Å². The third-order valence-corrected chi connectivity index (χ3v) is 5.30. The van der Waals surface area contributed by atoms with Crippen LogP contribution in [0.3, 0.4) is 0 Å². The van der Waals surface area contributed by atoms with E-state index in [9.17, 15) is 23.5 Å². The van der Waals surface area contributed by atoms with Gasteiger partial charge in [-0.3, -0.25) is 19.5 Å². The van der Waals surface area contributed by atoms with Crippen molar-refractivity contribution >= 4 is 34.7 Å². The number of aliphatic hydroxyl groups excluding tert-OH is 1. The van der Waals surface area contributed by atoms with E-state index in [1.54, 1.807) is 12.1 Å². The Kier molecular flexibility index (Phi) is 5.63. The van der Waals surface area contributed by atoms with Crippen molar-refractivity contribution in [2.24, 2.45) is 0 Å². The number of rotatable bonds is 4. The molecule has 0 saturated carbocycles. The second kappa shape index (κ2) is 8.39. The van der Waals surface area contributed by atoms with Crippen LogP contribution in [0.5, 0.6) is 5.75 Å². The number of nitrogens with zero attached hydrogens (tertiary/aromatic N) is 2. The maximum Gasteiger partial charge on any atom is 0.300 e. The van der Waals surface area contributed by atoms with Crippen molar-refractivity contribution in [3.05, 3.63) is 94.3 Å². The van der Waals surface area contributed by atoms with Gasteiger partial charge < -0.3 is 9.84 Å². The molecule has 1 aliphatic rings. The van der Waals surface area contributed by atoms with Crippen LogP contribution in [0.1, 0.15) is 17.2 Å². The lowest BCUT2D eigenvalue weighted by Crippen LogP contribution is -2.29. The number of methoxy groups -OCH3 is 1. The van der Waals surface area contributed by atoms with Crippen molar-refractivity contribution < 1.29 is 28.2 Å². The lowest BCUT2D eigenvalue weighted by atomic mass is 9.95. The summed E-state index contributed by atoms with van der Waals surface area (Å²) in [7, 11) is 1.38. The van der Waals surface area contributed by atoms with Gasteiger partial charge in [-0.25, -0.2) is 8.78 Å². The van der Waals surface area contributed by atoms with Crippen LogP contribution in [0, 0.1) is 11.6 Å². The highest BCUT2D eigenvalue weighted by atomic mass is 35.5. The summed E-state index contributed by atoms with van der Waals surface area (Å²) in [5, 5.41) is 11.4. The first-order valence-electron chi connectivity index (χ1n) is 9.33. The molecule has 1 saturated heterocycles. The van der Waals surface area contributed by atoms with Crippen LogP contribution in [-0.4, -0.2) is 28.9 Å². The van der Waals surface area contributed by atoms with E-state index in [4.69, 9.17) is 16.3 Å². The zero-order valence-corrected chi connectivity index (χ0v) is 17.3. The van der Waals surface area contributed by atoms with E-state index in [1.807, 2.05) is 0 Å². The van der Waals surface area contributed by atoms with Crippen molar-refractivity contribution in [3.63, 3.8) is 0 Å². The highest BCUT2D eigenvalue weighted by molar-refractivity contribution is 6.51. The zero-order valence-electron chi connectivity index (χ0n) is 16.6. The van der Waals surface area contributed by atoms with Gasteiger partial charge in [0, 0.05) is 29.2 Å². The van der Waals surface area contributed by atoms with Gasteiger partial charge in [-0.1, -0.05) is 11.6 Å². The fourth-order valence-corrected chi connectivity index (χ4v) is 3.78. The minimum atomic E-state index is -1.19. The Balaban J connectivity index is 1.98. The molecule has 0 aliphatic carbocycles. The minimum Gasteiger partial charge on any atom is -0.507 e. The summed E-state index contributed by atoms with van der Waals surface area (Å²) in [6.45, 7) is 0. The van der Waals surface area contributed by atoms with Crippen molar-refractivity contribution in [2.45, 2.75) is 6.04 Å². The SMILES string of the molecule is COc1ccc(Cl)cc1/C(O)=C1\C(=O)C(=O)N(c2ccc(F)c(F)c2)C1c1ccncc1. The average molecular weight is 457 g/mol. The second-order valence-electron chi connectivity index (χ2n) is 6.89. The molecule has 0 spiro atoms. The minimum absolute atomic E-state index is 0.0510. The Morgan fingerprint density at radius 1 is 1.06 bits per heavy atom. The third-order valence-electron chi connectivity index (χ3n) is 5.06. The number of pyridine rings is 1. The number of benzene rings is 2. The highest BCUT2D eigenvalue weighted by Gasteiger charge is 2.47. The number of ether oxygens (including phenoxy) is 1. The quantitative estimate of drug-likeness (QED) is 0.351. The zero-order chi connectivity index (χ0) is 23.0. The number of halogens is 3. The molecule has 1 N–H and O–H groups in total. The van der Waals surface area contributed by atoms with E-state index in [2.05, 4.69) is 4.98 Å². The Morgan fingerprint density at radius 2 is 1.78 bits per heavy atom. The van der Waals surface area contributed by atoms with Crippen LogP contribution in [0.2, 0.25) is 5.02 Å². The molecule has 2 aromatic carbocycles. The molecule has 32 heavy (non-hydrogen) atoms. The lowest BCUT2D eigenvalue weighted by molar-refractivity contribution is -0.132. The second-order valence-corrected chi connectivity index (χ2v) is 7.33. The van der Waals surface area contributed by atoms with Gasteiger partial charge >= 0.3 is 0 Å². The number of amides is 1. The number of Topliss-reactive ketones (excluding diaryl/α,β-unsaturated/α-hetero) is 1. The first kappa shape index (κ1) is 21.5. The number of aromatic nitrogens is 1. The molecule has 1 unspecified atom stereocenters. The number of carbonyl (C=O) groups excluding carboxylic acids is 2.